The molecule has 0 aliphatic carbocycles. The van der Waals surface area contributed by atoms with Crippen molar-refractivity contribution in [3.05, 3.63) is 31.0 Å². The number of rotatable bonds is 3. The zero-order valence-electron chi connectivity index (χ0n) is 7.80. The maximum absolute atomic E-state index is 5.55. The molecule has 2 heterocycles. The van der Waals surface area contributed by atoms with Crippen LogP contribution in [0.4, 0.5) is 0 Å². The topological polar surface area (TPSA) is 47.3 Å². The number of thiophene rings is 1. The highest BCUT2D eigenvalue weighted by Gasteiger charge is 2.22. The van der Waals surface area contributed by atoms with Crippen molar-refractivity contribution in [3.63, 3.8) is 0 Å². The molecule has 82 valence electrons. The van der Waals surface area contributed by atoms with Crippen molar-refractivity contribution in [2.75, 3.05) is 6.61 Å². The van der Waals surface area contributed by atoms with Crippen LogP contribution in [0.3, 0.4) is 0 Å². The molecule has 1 aliphatic rings. The Hall–Kier alpha value is 0.120. The maximum Gasteiger partial charge on any atom is 0.116 e. The maximum atomic E-state index is 5.55. The molecular weight excluding hydrogens is 344 g/mol. The lowest BCUT2D eigenvalue weighted by molar-refractivity contribution is 0.216. The van der Waals surface area contributed by atoms with Crippen molar-refractivity contribution in [2.24, 2.45) is 5.84 Å². The van der Waals surface area contributed by atoms with Gasteiger partial charge in [0.05, 0.1) is 10.4 Å². The highest BCUT2D eigenvalue weighted by atomic mass is 79.9. The fraction of sp³-hybridized carbons (Fsp3) is 0.333. The molecule has 15 heavy (non-hydrogen) atoms. The first-order valence-electron chi connectivity index (χ1n) is 4.46. The summed E-state index contributed by atoms with van der Waals surface area (Å²) in [6.45, 7) is 0.751. The molecule has 3 N–H and O–H groups in total. The zero-order valence-corrected chi connectivity index (χ0v) is 11.8. The number of nitrogens with one attached hydrogen (secondary N) is 1. The first kappa shape index (κ1) is 11.6. The molecule has 0 fully saturated rings. The number of nitrogens with two attached hydrogens (primary N) is 1. The minimum atomic E-state index is -0.0416. The van der Waals surface area contributed by atoms with E-state index in [2.05, 4.69) is 43.4 Å². The summed E-state index contributed by atoms with van der Waals surface area (Å²) < 4.78 is 7.61. The summed E-state index contributed by atoms with van der Waals surface area (Å²) in [5, 5.41) is 0. The van der Waals surface area contributed by atoms with Crippen LogP contribution < -0.4 is 11.3 Å². The largest absolute Gasteiger partial charge is 0.496 e. The second kappa shape index (κ2) is 4.97. The van der Waals surface area contributed by atoms with Gasteiger partial charge in [-0.05, 0) is 44.0 Å². The van der Waals surface area contributed by atoms with Gasteiger partial charge in [0, 0.05) is 15.8 Å². The van der Waals surface area contributed by atoms with Crippen LogP contribution >= 0.6 is 43.2 Å². The number of hydrogen-bond donors (Lipinski definition) is 2. The van der Waals surface area contributed by atoms with Crippen molar-refractivity contribution in [1.82, 2.24) is 5.43 Å². The van der Waals surface area contributed by atoms with Crippen molar-refractivity contribution in [1.29, 1.82) is 0 Å². The molecule has 2 rings (SSSR count). The van der Waals surface area contributed by atoms with Crippen LogP contribution in [0.2, 0.25) is 0 Å². The van der Waals surface area contributed by atoms with E-state index in [9.17, 15) is 0 Å². The molecule has 1 unspecified atom stereocenters. The van der Waals surface area contributed by atoms with E-state index >= 15 is 0 Å². The van der Waals surface area contributed by atoms with Gasteiger partial charge in [0.2, 0.25) is 0 Å². The van der Waals surface area contributed by atoms with Crippen LogP contribution in [0.5, 0.6) is 0 Å². The molecule has 0 radical (unpaired) electrons. The van der Waals surface area contributed by atoms with E-state index in [1.165, 1.54) is 0 Å². The van der Waals surface area contributed by atoms with Crippen LogP contribution in [0.15, 0.2) is 26.2 Å². The molecule has 0 aromatic carbocycles. The van der Waals surface area contributed by atoms with E-state index in [4.69, 9.17) is 10.6 Å². The van der Waals surface area contributed by atoms with Gasteiger partial charge in [-0.3, -0.25) is 5.84 Å². The number of hydrazine groups is 1. The highest BCUT2D eigenvalue weighted by Crippen LogP contribution is 2.38. The summed E-state index contributed by atoms with van der Waals surface area (Å²) in [5.74, 6) is 6.46. The van der Waals surface area contributed by atoms with Gasteiger partial charge in [0.25, 0.3) is 0 Å². The zero-order chi connectivity index (χ0) is 10.8. The van der Waals surface area contributed by atoms with Crippen LogP contribution in [0.25, 0.3) is 0 Å². The lowest BCUT2D eigenvalue weighted by Crippen LogP contribution is -2.29. The lowest BCUT2D eigenvalue weighted by atomic mass is 10.2. The van der Waals surface area contributed by atoms with Crippen molar-refractivity contribution in [2.45, 2.75) is 12.5 Å². The number of hydrogen-bond acceptors (Lipinski definition) is 4. The predicted octanol–water partition coefficient (Wildman–Crippen LogP) is 3.08. The molecule has 1 aromatic heterocycles. The Bertz CT molecular complexity index is 372. The molecule has 0 amide bonds. The van der Waals surface area contributed by atoms with Crippen LogP contribution in [0, 0.1) is 0 Å². The Balaban J connectivity index is 2.26. The Kier molecular flexibility index (Phi) is 3.84. The highest BCUT2D eigenvalue weighted by molar-refractivity contribution is 9.13. The number of halogens is 2. The summed E-state index contributed by atoms with van der Waals surface area (Å²) in [5.41, 5.74) is 2.78. The fourth-order valence-corrected chi connectivity index (χ4v) is 3.61. The average molecular weight is 354 g/mol. The molecule has 0 saturated carbocycles. The molecule has 0 spiro atoms. The second-order valence-electron chi connectivity index (χ2n) is 3.11. The molecule has 3 nitrogen and oxygen atoms in total. The van der Waals surface area contributed by atoms with Gasteiger partial charge in [0.15, 0.2) is 0 Å². The molecular formula is C9H10Br2N2OS. The third-order valence-corrected chi connectivity index (χ3v) is 5.45. The van der Waals surface area contributed by atoms with Gasteiger partial charge < -0.3 is 4.74 Å². The minimum absolute atomic E-state index is 0.0416. The molecule has 0 saturated heterocycles. The van der Waals surface area contributed by atoms with Gasteiger partial charge in [-0.1, -0.05) is 0 Å². The van der Waals surface area contributed by atoms with E-state index in [1.54, 1.807) is 11.3 Å². The van der Waals surface area contributed by atoms with Gasteiger partial charge in [-0.2, -0.15) is 0 Å². The van der Waals surface area contributed by atoms with E-state index in [0.717, 1.165) is 31.9 Å². The predicted molar refractivity (Wildman–Crippen MR) is 68.4 cm³/mol. The van der Waals surface area contributed by atoms with Gasteiger partial charge in [-0.15, -0.1) is 11.3 Å². The van der Waals surface area contributed by atoms with Crippen LogP contribution in [-0.2, 0) is 4.74 Å². The summed E-state index contributed by atoms with van der Waals surface area (Å²) in [4.78, 5) is 1.13. The first-order valence-corrected chi connectivity index (χ1v) is 6.86. The smallest absolute Gasteiger partial charge is 0.116 e. The van der Waals surface area contributed by atoms with Crippen LogP contribution in [0.1, 0.15) is 17.3 Å². The van der Waals surface area contributed by atoms with Crippen molar-refractivity contribution in [3.8, 4) is 0 Å². The second-order valence-corrected chi connectivity index (χ2v) is 6.37. The van der Waals surface area contributed by atoms with Crippen molar-refractivity contribution >= 4 is 43.2 Å². The monoisotopic (exact) mass is 352 g/mol. The first-order chi connectivity index (χ1) is 7.22. The standard InChI is InChI=1S/C9H10Br2N2OS/c10-5-4-7(15-9(5)11)8(13-12)6-2-1-3-14-6/h2,4,8,13H,1,3,12H2. The molecule has 0 bridgehead atoms. The number of ether oxygens (including phenoxy) is 1. The van der Waals surface area contributed by atoms with E-state index in [1.807, 2.05) is 6.07 Å². The van der Waals surface area contributed by atoms with E-state index < -0.39 is 0 Å². The van der Waals surface area contributed by atoms with Crippen LogP contribution in [-0.4, -0.2) is 6.61 Å². The minimum Gasteiger partial charge on any atom is -0.496 e. The normalized spacial score (nSPS) is 17.4. The summed E-state index contributed by atoms with van der Waals surface area (Å²) in [7, 11) is 0. The molecule has 1 aliphatic heterocycles. The quantitative estimate of drug-likeness (QED) is 0.648. The third-order valence-electron chi connectivity index (χ3n) is 2.13. The Morgan fingerprint density at radius 1 is 1.53 bits per heavy atom. The lowest BCUT2D eigenvalue weighted by Gasteiger charge is -2.15. The Labute approximate surface area is 109 Å². The SMILES string of the molecule is NNC(C1=CCCO1)c1cc(Br)c(Br)s1. The molecule has 1 atom stereocenters. The fourth-order valence-electron chi connectivity index (χ4n) is 1.45. The molecule has 6 heteroatoms. The Morgan fingerprint density at radius 3 is 2.80 bits per heavy atom. The van der Waals surface area contributed by atoms with Gasteiger partial charge in [0.1, 0.15) is 11.8 Å². The summed E-state index contributed by atoms with van der Waals surface area (Å²) in [6.07, 6.45) is 3.04. The van der Waals surface area contributed by atoms with E-state index in [0.29, 0.717) is 0 Å². The van der Waals surface area contributed by atoms with E-state index in [-0.39, 0.29) is 6.04 Å². The van der Waals surface area contributed by atoms with Crippen molar-refractivity contribution < 1.29 is 4.74 Å². The van der Waals surface area contributed by atoms with Gasteiger partial charge in [-0.25, -0.2) is 5.43 Å². The van der Waals surface area contributed by atoms with Gasteiger partial charge >= 0.3 is 0 Å². The Morgan fingerprint density at radius 2 is 2.33 bits per heavy atom. The third kappa shape index (κ3) is 2.45. The summed E-state index contributed by atoms with van der Waals surface area (Å²) >= 11 is 8.56. The molecule has 1 aromatic rings. The average Bonchev–Trinajstić information content (AvgIpc) is 2.80. The summed E-state index contributed by atoms with van der Waals surface area (Å²) in [6, 6.07) is 2.00.